The van der Waals surface area contributed by atoms with Crippen LogP contribution in [0.25, 0.3) is 0 Å². The fourth-order valence-corrected chi connectivity index (χ4v) is 1.05. The van der Waals surface area contributed by atoms with Crippen molar-refractivity contribution in [1.29, 1.82) is 0 Å². The summed E-state index contributed by atoms with van der Waals surface area (Å²) in [5.41, 5.74) is 0.0253. The number of rotatable bonds is 2. The number of halogens is 1. The Morgan fingerprint density at radius 1 is 1.75 bits per heavy atom. The van der Waals surface area contributed by atoms with Crippen LogP contribution in [0.5, 0.6) is 0 Å². The summed E-state index contributed by atoms with van der Waals surface area (Å²) in [4.78, 5) is 10.5. The van der Waals surface area contributed by atoms with Gasteiger partial charge in [-0.25, -0.2) is 9.18 Å². The third kappa shape index (κ3) is 1.70. The Kier molecular flexibility index (Phi) is 2.59. The number of thiocarbonyl (C=S) groups is 1. The Morgan fingerprint density at radius 2 is 2.42 bits per heavy atom. The number of alkyl halides is 1. The van der Waals surface area contributed by atoms with Gasteiger partial charge in [0, 0.05) is 0 Å². The highest BCUT2D eigenvalue weighted by Crippen LogP contribution is 2.05. The highest BCUT2D eigenvalue weighted by Gasteiger charge is 2.19. The van der Waals surface area contributed by atoms with Gasteiger partial charge in [-0.3, -0.25) is 0 Å². The van der Waals surface area contributed by atoms with Gasteiger partial charge in [0.1, 0.15) is 6.67 Å². The zero-order chi connectivity index (χ0) is 9.14. The maximum Gasteiger partial charge on any atom is 0.335 e. The molecule has 1 rings (SSSR count). The minimum Gasteiger partial charge on any atom is -0.478 e. The Hall–Kier alpha value is -1.17. The molecule has 0 spiro atoms. The number of carboxylic acids is 1. The van der Waals surface area contributed by atoms with Crippen LogP contribution in [0.4, 0.5) is 4.39 Å². The number of hydrogen-bond acceptors (Lipinski definition) is 2. The van der Waals surface area contributed by atoms with E-state index in [2.05, 4.69) is 22.9 Å². The van der Waals surface area contributed by atoms with Gasteiger partial charge in [0.25, 0.3) is 0 Å². The molecule has 0 unspecified atom stereocenters. The summed E-state index contributed by atoms with van der Waals surface area (Å²) < 4.78 is 12.2. The molecule has 6 heteroatoms. The molecule has 1 heterocycles. The second-order valence-electron chi connectivity index (χ2n) is 2.20. The van der Waals surface area contributed by atoms with Gasteiger partial charge >= 0.3 is 5.97 Å². The first kappa shape index (κ1) is 8.92. The zero-order valence-electron chi connectivity index (χ0n) is 6.06. The summed E-state index contributed by atoms with van der Waals surface area (Å²) >= 11 is 4.67. The van der Waals surface area contributed by atoms with Crippen molar-refractivity contribution in [3.63, 3.8) is 0 Å². The topological polar surface area (TPSA) is 61.4 Å². The van der Waals surface area contributed by atoms with E-state index in [0.717, 1.165) is 0 Å². The number of allylic oxidation sites excluding steroid dienone is 1. The summed E-state index contributed by atoms with van der Waals surface area (Å²) in [5, 5.41) is 13.9. The molecular weight excluding hydrogens is 183 g/mol. The van der Waals surface area contributed by atoms with Crippen molar-refractivity contribution in [3.05, 3.63) is 11.3 Å². The van der Waals surface area contributed by atoms with Crippen molar-refractivity contribution in [1.82, 2.24) is 10.6 Å². The lowest BCUT2D eigenvalue weighted by Crippen LogP contribution is -2.43. The van der Waals surface area contributed by atoms with E-state index in [1.165, 1.54) is 0 Å². The van der Waals surface area contributed by atoms with Crippen LogP contribution in [0, 0.1) is 0 Å². The highest BCUT2D eigenvalue weighted by molar-refractivity contribution is 7.80. The van der Waals surface area contributed by atoms with E-state index in [4.69, 9.17) is 5.11 Å². The van der Waals surface area contributed by atoms with Gasteiger partial charge in [-0.1, -0.05) is 0 Å². The summed E-state index contributed by atoms with van der Waals surface area (Å²) in [7, 11) is 0. The van der Waals surface area contributed by atoms with Crippen LogP contribution in [0.3, 0.4) is 0 Å². The average Bonchev–Trinajstić information content (AvgIpc) is 2.03. The van der Waals surface area contributed by atoms with E-state index < -0.39 is 12.6 Å². The standard InChI is InChI=1S/C6H7FN2O2S/c7-1-4-3(5(10)11)2-8-6(12)9-4/h1-2H2,(H,10,11)(H2,8,9,12). The molecular formula is C6H7FN2O2S. The molecule has 0 amide bonds. The molecule has 0 aromatic rings. The highest BCUT2D eigenvalue weighted by atomic mass is 32.1. The molecule has 4 nitrogen and oxygen atoms in total. The van der Waals surface area contributed by atoms with Gasteiger partial charge in [0.15, 0.2) is 5.11 Å². The average molecular weight is 190 g/mol. The third-order valence-corrected chi connectivity index (χ3v) is 1.69. The molecule has 1 aliphatic rings. The molecule has 66 valence electrons. The predicted octanol–water partition coefficient (Wildman–Crippen LogP) is -0.228. The van der Waals surface area contributed by atoms with Crippen LogP contribution in [-0.2, 0) is 4.79 Å². The van der Waals surface area contributed by atoms with Crippen molar-refractivity contribution in [2.45, 2.75) is 0 Å². The molecule has 0 saturated heterocycles. The van der Waals surface area contributed by atoms with Crippen LogP contribution in [0.15, 0.2) is 11.3 Å². The zero-order valence-corrected chi connectivity index (χ0v) is 6.87. The SMILES string of the molecule is O=C(O)C1=C(CF)NC(=S)NC1. The molecule has 0 bridgehead atoms. The molecule has 0 aromatic carbocycles. The maximum absolute atomic E-state index is 12.2. The largest absolute Gasteiger partial charge is 0.478 e. The first-order chi connectivity index (χ1) is 5.65. The van der Waals surface area contributed by atoms with Crippen molar-refractivity contribution in [2.75, 3.05) is 13.2 Å². The Labute approximate surface area is 73.4 Å². The van der Waals surface area contributed by atoms with Crippen molar-refractivity contribution >= 4 is 23.3 Å². The van der Waals surface area contributed by atoms with Crippen LogP contribution >= 0.6 is 12.2 Å². The molecule has 0 aromatic heterocycles. The number of carbonyl (C=O) groups is 1. The minimum absolute atomic E-state index is 0.00824. The molecule has 0 atom stereocenters. The van der Waals surface area contributed by atoms with Crippen LogP contribution < -0.4 is 10.6 Å². The van der Waals surface area contributed by atoms with E-state index >= 15 is 0 Å². The Balaban J connectivity index is 2.91. The molecule has 3 N–H and O–H groups in total. The maximum atomic E-state index is 12.2. The fraction of sp³-hybridized carbons (Fsp3) is 0.333. The van der Waals surface area contributed by atoms with Gasteiger partial charge in [-0.05, 0) is 12.2 Å². The first-order valence-corrected chi connectivity index (χ1v) is 3.62. The summed E-state index contributed by atoms with van der Waals surface area (Å²) in [5.74, 6) is -1.13. The third-order valence-electron chi connectivity index (χ3n) is 1.45. The monoisotopic (exact) mass is 190 g/mol. The molecule has 0 fully saturated rings. The lowest BCUT2D eigenvalue weighted by molar-refractivity contribution is -0.132. The van der Waals surface area contributed by atoms with E-state index in [0.29, 0.717) is 0 Å². The molecule has 0 aliphatic carbocycles. The van der Waals surface area contributed by atoms with Gasteiger partial charge in [0.2, 0.25) is 0 Å². The van der Waals surface area contributed by atoms with Crippen LogP contribution in [0.1, 0.15) is 0 Å². The smallest absolute Gasteiger partial charge is 0.335 e. The summed E-state index contributed by atoms with van der Waals surface area (Å²) in [6, 6.07) is 0. The lowest BCUT2D eigenvalue weighted by Gasteiger charge is -2.19. The summed E-state index contributed by atoms with van der Waals surface area (Å²) in [6.45, 7) is -0.774. The second-order valence-corrected chi connectivity index (χ2v) is 2.61. The second kappa shape index (κ2) is 3.48. The van der Waals surface area contributed by atoms with E-state index in [-0.39, 0.29) is 22.9 Å². The van der Waals surface area contributed by atoms with Gasteiger partial charge in [-0.15, -0.1) is 0 Å². The molecule has 1 aliphatic heterocycles. The summed E-state index contributed by atoms with van der Waals surface area (Å²) in [6.07, 6.45) is 0. The number of aliphatic carboxylic acids is 1. The lowest BCUT2D eigenvalue weighted by atomic mass is 10.2. The Bertz CT molecular complexity index is 264. The van der Waals surface area contributed by atoms with Gasteiger partial charge in [-0.2, -0.15) is 0 Å². The Morgan fingerprint density at radius 3 is 2.92 bits per heavy atom. The minimum atomic E-state index is -1.13. The van der Waals surface area contributed by atoms with Crippen molar-refractivity contribution in [2.24, 2.45) is 0 Å². The van der Waals surface area contributed by atoms with Gasteiger partial charge < -0.3 is 15.7 Å². The fourth-order valence-electron chi connectivity index (χ4n) is 0.851. The van der Waals surface area contributed by atoms with E-state index in [1.54, 1.807) is 0 Å². The number of hydrogen-bond donors (Lipinski definition) is 3. The molecule has 0 saturated carbocycles. The first-order valence-electron chi connectivity index (χ1n) is 3.21. The number of carboxylic acid groups (broad SMARTS) is 1. The van der Waals surface area contributed by atoms with Gasteiger partial charge in [0.05, 0.1) is 17.8 Å². The van der Waals surface area contributed by atoms with Crippen LogP contribution in [0.2, 0.25) is 0 Å². The molecule has 0 radical (unpaired) electrons. The normalized spacial score (nSPS) is 16.9. The van der Waals surface area contributed by atoms with E-state index in [1.807, 2.05) is 0 Å². The molecule has 12 heavy (non-hydrogen) atoms. The van der Waals surface area contributed by atoms with E-state index in [9.17, 15) is 9.18 Å². The van der Waals surface area contributed by atoms with Crippen molar-refractivity contribution in [3.8, 4) is 0 Å². The number of nitrogens with one attached hydrogen (secondary N) is 2. The quantitative estimate of drug-likeness (QED) is 0.525. The van der Waals surface area contributed by atoms with Crippen molar-refractivity contribution < 1.29 is 14.3 Å². The predicted molar refractivity (Wildman–Crippen MR) is 44.4 cm³/mol. The van der Waals surface area contributed by atoms with Crippen LogP contribution in [-0.4, -0.2) is 29.4 Å².